The van der Waals surface area contributed by atoms with Crippen molar-refractivity contribution in [3.8, 4) is 0 Å². The average molecular weight is 760 g/mol. The molecule has 0 spiro atoms. The van der Waals surface area contributed by atoms with Gasteiger partial charge in [-0.2, -0.15) is 0 Å². The summed E-state index contributed by atoms with van der Waals surface area (Å²) >= 11 is 7.83. The fourth-order valence-corrected chi connectivity index (χ4v) is 9.76. The minimum atomic E-state index is -3.89. The Morgan fingerprint density at radius 2 is 1.82 bits per heavy atom. The third kappa shape index (κ3) is 7.90. The number of carbonyl (C=O) groups is 5. The molecule has 16 heteroatoms. The highest BCUT2D eigenvalue weighted by molar-refractivity contribution is 7.91. The van der Waals surface area contributed by atoms with Crippen molar-refractivity contribution in [1.82, 2.24) is 25.6 Å². The molecule has 274 valence electrons. The normalized spacial score (nSPS) is 29.1. The van der Waals surface area contributed by atoms with Crippen molar-refractivity contribution in [3.63, 3.8) is 0 Å². The summed E-state index contributed by atoms with van der Waals surface area (Å²) < 4.78 is 33.9. The number of benzene rings is 1. The molecule has 1 aromatic carbocycles. The van der Waals surface area contributed by atoms with E-state index in [2.05, 4.69) is 20.7 Å². The fraction of sp³-hybridized carbons (Fsp3) is 0.571. The Hall–Kier alpha value is -3.69. The van der Waals surface area contributed by atoms with Crippen LogP contribution in [0.15, 0.2) is 36.4 Å². The molecule has 5 atom stereocenters. The SMILES string of the molecule is O=C(N[C@H]1CCCCC/C=C\[C@@H]2C[C@@]2(C(=O)NS(=O)(=O)C2CC2)NC(=O)[C@@H]2C[C@@H](NC(=O)c3sc4ccccc4c3Cl)CN2C1=O)OCC1CC1. The van der Waals surface area contributed by atoms with Crippen molar-refractivity contribution in [2.75, 3.05) is 13.2 Å². The number of allylic oxidation sites excluding steroid dienone is 1. The maximum atomic E-state index is 14.3. The third-order valence-corrected chi connectivity index (χ3v) is 13.9. The lowest BCUT2D eigenvalue weighted by Gasteiger charge is -2.30. The second-order valence-electron chi connectivity index (χ2n) is 14.4. The molecule has 5 amide bonds. The standard InChI is InChI=1S/C35H42ClN5O8S2/c36-28-24-9-6-7-11-27(24)50-29(28)31(43)37-22-16-26-30(42)39-35(33(45)40-51(47,48)23-14-15-23)17-21(35)8-4-2-1-3-5-10-25(32(44)41(26)18-22)38-34(46)49-19-20-12-13-20/h4,6-9,11,20-23,25-26H,1-3,5,10,12-19H2,(H,37,43)(H,38,46)(H,39,42)(H,40,45)/b8-4-/t21-,22-,25+,26+,35-/m1/s1. The summed E-state index contributed by atoms with van der Waals surface area (Å²) in [7, 11) is -3.89. The van der Waals surface area contributed by atoms with Crippen LogP contribution in [0.5, 0.6) is 0 Å². The first kappa shape index (κ1) is 35.7. The van der Waals surface area contributed by atoms with Gasteiger partial charge < -0.3 is 25.6 Å². The number of thiophene rings is 1. The van der Waals surface area contributed by atoms with Crippen LogP contribution in [0, 0.1) is 11.8 Å². The van der Waals surface area contributed by atoms with E-state index in [-0.39, 0.29) is 26.0 Å². The van der Waals surface area contributed by atoms with Gasteiger partial charge >= 0.3 is 6.09 Å². The molecule has 7 rings (SSSR count). The second-order valence-corrected chi connectivity index (χ2v) is 17.8. The third-order valence-electron chi connectivity index (χ3n) is 10.4. The molecule has 5 aliphatic rings. The molecule has 0 unspecified atom stereocenters. The zero-order valence-corrected chi connectivity index (χ0v) is 30.4. The molecule has 13 nitrogen and oxygen atoms in total. The van der Waals surface area contributed by atoms with Gasteiger partial charge in [-0.1, -0.05) is 54.8 Å². The molecule has 3 saturated carbocycles. The van der Waals surface area contributed by atoms with Gasteiger partial charge in [-0.05, 0) is 69.8 Å². The fourth-order valence-electron chi connectivity index (χ4n) is 6.98. The number of sulfonamides is 1. The Bertz CT molecular complexity index is 1880. The van der Waals surface area contributed by atoms with Crippen molar-refractivity contribution in [2.24, 2.45) is 11.8 Å². The predicted molar refractivity (Wildman–Crippen MR) is 190 cm³/mol. The quantitative estimate of drug-likeness (QED) is 0.294. The Morgan fingerprint density at radius 1 is 1.04 bits per heavy atom. The highest BCUT2D eigenvalue weighted by atomic mass is 35.5. The zero-order chi connectivity index (χ0) is 35.9. The maximum absolute atomic E-state index is 14.3. The number of hydrogen-bond acceptors (Lipinski definition) is 9. The number of nitrogens with zero attached hydrogens (tertiary/aromatic N) is 1. The van der Waals surface area contributed by atoms with Crippen molar-refractivity contribution < 1.29 is 37.1 Å². The summed E-state index contributed by atoms with van der Waals surface area (Å²) in [5.74, 6) is -2.53. The van der Waals surface area contributed by atoms with Crippen LogP contribution >= 0.6 is 22.9 Å². The van der Waals surface area contributed by atoms with Crippen molar-refractivity contribution in [1.29, 1.82) is 0 Å². The van der Waals surface area contributed by atoms with Gasteiger partial charge in [-0.25, -0.2) is 13.2 Å². The van der Waals surface area contributed by atoms with Gasteiger partial charge in [0.2, 0.25) is 21.8 Å². The first-order chi connectivity index (χ1) is 24.4. The van der Waals surface area contributed by atoms with Crippen LogP contribution in [0.2, 0.25) is 5.02 Å². The number of hydrogen-bond donors (Lipinski definition) is 4. The number of ether oxygens (including phenoxy) is 1. The molecular weight excluding hydrogens is 718 g/mol. The number of alkyl carbamates (subject to hydrolysis) is 1. The molecule has 1 saturated heterocycles. The summed E-state index contributed by atoms with van der Waals surface area (Å²) in [6.45, 7) is 0.225. The van der Waals surface area contributed by atoms with Crippen molar-refractivity contribution in [2.45, 2.75) is 99.5 Å². The minimum Gasteiger partial charge on any atom is -0.449 e. The first-order valence-corrected chi connectivity index (χ1v) is 20.5. The van der Waals surface area contributed by atoms with E-state index in [1.165, 1.54) is 16.2 Å². The van der Waals surface area contributed by atoms with Crippen molar-refractivity contribution in [3.05, 3.63) is 46.3 Å². The Kier molecular flexibility index (Phi) is 10.1. The summed E-state index contributed by atoms with van der Waals surface area (Å²) in [5, 5.41) is 8.93. The van der Waals surface area contributed by atoms with Gasteiger partial charge in [0.1, 0.15) is 22.5 Å². The highest BCUT2D eigenvalue weighted by Gasteiger charge is 2.62. The van der Waals surface area contributed by atoms with Gasteiger partial charge in [0.15, 0.2) is 0 Å². The monoisotopic (exact) mass is 759 g/mol. The Balaban J connectivity index is 1.15. The van der Waals surface area contributed by atoms with E-state index in [9.17, 15) is 32.4 Å². The molecule has 1 aromatic heterocycles. The highest BCUT2D eigenvalue weighted by Crippen LogP contribution is 2.46. The molecule has 0 radical (unpaired) electrons. The largest absolute Gasteiger partial charge is 0.449 e. The number of carbonyl (C=O) groups excluding carboxylic acids is 5. The molecule has 51 heavy (non-hydrogen) atoms. The summed E-state index contributed by atoms with van der Waals surface area (Å²) in [4.78, 5) is 70.2. The molecule has 4 N–H and O–H groups in total. The lowest BCUT2D eigenvalue weighted by Crippen LogP contribution is -2.58. The first-order valence-electron chi connectivity index (χ1n) is 17.7. The van der Waals surface area contributed by atoms with E-state index in [1.807, 2.05) is 36.4 Å². The van der Waals surface area contributed by atoms with Crippen LogP contribution in [-0.4, -0.2) is 85.1 Å². The van der Waals surface area contributed by atoms with Crippen LogP contribution in [0.4, 0.5) is 4.79 Å². The van der Waals surface area contributed by atoms with Gasteiger partial charge in [0, 0.05) is 28.6 Å². The van der Waals surface area contributed by atoms with Gasteiger partial charge in [0.05, 0.1) is 16.9 Å². The van der Waals surface area contributed by atoms with Crippen LogP contribution in [0.3, 0.4) is 0 Å². The van der Waals surface area contributed by atoms with E-state index < -0.39 is 74.6 Å². The van der Waals surface area contributed by atoms with E-state index in [1.54, 1.807) is 0 Å². The van der Waals surface area contributed by atoms with Crippen molar-refractivity contribution >= 4 is 72.8 Å². The summed E-state index contributed by atoms with van der Waals surface area (Å²) in [6.07, 6.45) is 9.37. The van der Waals surface area contributed by atoms with Gasteiger partial charge in [0.25, 0.3) is 11.8 Å². The smallest absolute Gasteiger partial charge is 0.407 e. The number of rotatable bonds is 8. The van der Waals surface area contributed by atoms with Gasteiger partial charge in [-0.15, -0.1) is 11.3 Å². The molecular formula is C35H42ClN5O8S2. The maximum Gasteiger partial charge on any atom is 0.407 e. The van der Waals surface area contributed by atoms with Gasteiger partial charge in [-0.3, -0.25) is 23.9 Å². The second kappa shape index (κ2) is 14.4. The summed E-state index contributed by atoms with van der Waals surface area (Å²) in [6, 6.07) is 4.57. The van der Waals surface area contributed by atoms with E-state index in [0.29, 0.717) is 47.9 Å². The lowest BCUT2D eigenvalue weighted by molar-refractivity contribution is -0.141. The Morgan fingerprint density at radius 3 is 2.57 bits per heavy atom. The Labute approximate surface area is 305 Å². The minimum absolute atomic E-state index is 0.0171. The predicted octanol–water partition coefficient (Wildman–Crippen LogP) is 3.76. The number of nitrogens with one attached hydrogen (secondary N) is 4. The number of amides is 5. The number of halogens is 1. The molecule has 4 fully saturated rings. The molecule has 3 heterocycles. The average Bonchev–Trinajstić information content (AvgIpc) is 4.02. The van der Waals surface area contributed by atoms with Crippen LogP contribution in [-0.2, 0) is 29.1 Å². The topological polar surface area (TPSA) is 180 Å². The van der Waals surface area contributed by atoms with E-state index >= 15 is 0 Å². The zero-order valence-electron chi connectivity index (χ0n) is 28.0. The number of fused-ring (bicyclic) bond motifs is 3. The van der Waals surface area contributed by atoms with E-state index in [4.69, 9.17) is 16.3 Å². The van der Waals surface area contributed by atoms with E-state index in [0.717, 1.165) is 35.8 Å². The van der Waals surface area contributed by atoms with Crippen LogP contribution in [0.25, 0.3) is 10.1 Å². The molecule has 2 aliphatic heterocycles. The molecule has 3 aliphatic carbocycles. The van der Waals surface area contributed by atoms with Crippen LogP contribution in [0.1, 0.15) is 80.3 Å². The summed E-state index contributed by atoms with van der Waals surface area (Å²) in [5.41, 5.74) is -1.51. The lowest BCUT2D eigenvalue weighted by atomic mass is 10.0. The van der Waals surface area contributed by atoms with Crippen LogP contribution < -0.4 is 20.7 Å². The molecule has 0 bridgehead atoms. The molecule has 2 aromatic rings.